The van der Waals surface area contributed by atoms with E-state index in [1.54, 1.807) is 0 Å². The molecule has 13 nitrogen and oxygen atoms in total. The van der Waals surface area contributed by atoms with Crippen molar-refractivity contribution in [1.29, 1.82) is 0 Å². The highest BCUT2D eigenvalue weighted by molar-refractivity contribution is 7.47. The van der Waals surface area contributed by atoms with Gasteiger partial charge in [-0.1, -0.05) is 190 Å². The molecule has 1 aliphatic carbocycles. The molecule has 6 N–H and O–H groups in total. The Bertz CT molecular complexity index is 1370. The molecule has 0 amide bonds. The minimum atomic E-state index is -5.14. The van der Waals surface area contributed by atoms with E-state index in [0.29, 0.717) is 19.3 Å². The Kier molecular flexibility index (Phi) is 37.8. The zero-order valence-electron chi connectivity index (χ0n) is 40.0. The number of phosphoric ester groups is 1. The molecule has 0 aromatic heterocycles. The van der Waals surface area contributed by atoms with Gasteiger partial charge >= 0.3 is 19.8 Å². The zero-order chi connectivity index (χ0) is 47.8. The van der Waals surface area contributed by atoms with E-state index in [4.69, 9.17) is 18.5 Å². The lowest BCUT2D eigenvalue weighted by Crippen LogP contribution is -2.64. The number of hydrogen-bond donors (Lipinski definition) is 6. The van der Waals surface area contributed by atoms with Gasteiger partial charge in [-0.3, -0.25) is 18.6 Å². The summed E-state index contributed by atoms with van der Waals surface area (Å²) in [4.78, 5) is 35.8. The summed E-state index contributed by atoms with van der Waals surface area (Å²) < 4.78 is 33.5. The molecule has 0 aliphatic heterocycles. The topological polar surface area (TPSA) is 210 Å². The maximum atomic E-state index is 12.8. The van der Waals surface area contributed by atoms with Crippen LogP contribution < -0.4 is 0 Å². The van der Waals surface area contributed by atoms with Gasteiger partial charge in [-0.05, 0) is 51.4 Å². The number of carbonyl (C=O) groups excluding carboxylic acids is 2. The quantitative estimate of drug-likeness (QED) is 0.0146. The highest BCUT2D eigenvalue weighted by Crippen LogP contribution is 2.47. The first-order chi connectivity index (χ1) is 31.4. The maximum absolute atomic E-state index is 12.8. The number of phosphoric acid groups is 1. The molecule has 1 aliphatic rings. The summed E-state index contributed by atoms with van der Waals surface area (Å²) in [6.07, 6.45) is 37.1. The normalized spacial score (nSPS) is 21.9. The molecule has 0 saturated heterocycles. The summed E-state index contributed by atoms with van der Waals surface area (Å²) in [5, 5.41) is 50.2. The summed E-state index contributed by atoms with van der Waals surface area (Å²) in [6, 6.07) is 0. The Hall–Kier alpha value is -2.45. The van der Waals surface area contributed by atoms with Gasteiger partial charge < -0.3 is 39.9 Å². The number of hydrogen-bond acceptors (Lipinski definition) is 12. The Balaban J connectivity index is 2.44. The van der Waals surface area contributed by atoms with Gasteiger partial charge in [-0.25, -0.2) is 4.57 Å². The largest absolute Gasteiger partial charge is 0.472 e. The molecule has 0 aromatic carbocycles. The molecule has 0 spiro atoms. The molecule has 6 unspecified atom stereocenters. The summed E-state index contributed by atoms with van der Waals surface area (Å²) >= 11 is 0. The summed E-state index contributed by atoms with van der Waals surface area (Å²) in [6.45, 7) is 3.16. The average Bonchev–Trinajstić information content (AvgIpc) is 3.29. The van der Waals surface area contributed by atoms with Crippen molar-refractivity contribution in [3.63, 3.8) is 0 Å². The Morgan fingerprint density at radius 2 is 0.877 bits per heavy atom. The van der Waals surface area contributed by atoms with E-state index >= 15 is 0 Å². The van der Waals surface area contributed by atoms with Gasteiger partial charge in [0, 0.05) is 12.8 Å². The number of ether oxygens (including phenoxy) is 2. The van der Waals surface area contributed by atoms with Crippen LogP contribution in [0.15, 0.2) is 60.8 Å². The van der Waals surface area contributed by atoms with Crippen molar-refractivity contribution in [2.24, 2.45) is 0 Å². The van der Waals surface area contributed by atoms with E-state index < -0.39 is 75.7 Å². The molecule has 0 bridgehead atoms. The first-order valence-electron chi connectivity index (χ1n) is 25.1. The van der Waals surface area contributed by atoms with Crippen LogP contribution in [0, 0.1) is 0 Å². The molecule has 1 rings (SSSR count). The van der Waals surface area contributed by atoms with Crippen LogP contribution in [0.5, 0.6) is 0 Å². The van der Waals surface area contributed by atoms with Crippen LogP contribution in [0.3, 0.4) is 0 Å². The highest BCUT2D eigenvalue weighted by Gasteiger charge is 2.51. The third kappa shape index (κ3) is 32.8. The third-order valence-corrected chi connectivity index (χ3v) is 12.4. The van der Waals surface area contributed by atoms with Crippen LogP contribution in [0.2, 0.25) is 0 Å². The van der Waals surface area contributed by atoms with Gasteiger partial charge in [0.05, 0.1) is 6.61 Å². The molecular formula is C51H89O13P. The molecule has 0 heterocycles. The van der Waals surface area contributed by atoms with Crippen molar-refractivity contribution >= 4 is 19.8 Å². The van der Waals surface area contributed by atoms with E-state index in [9.17, 15) is 44.6 Å². The fourth-order valence-electron chi connectivity index (χ4n) is 7.38. The van der Waals surface area contributed by atoms with E-state index in [0.717, 1.165) is 51.4 Å². The summed E-state index contributed by atoms with van der Waals surface area (Å²) in [7, 11) is -5.14. The monoisotopic (exact) mass is 941 g/mol. The van der Waals surface area contributed by atoms with Gasteiger partial charge in [-0.2, -0.15) is 0 Å². The van der Waals surface area contributed by atoms with Gasteiger partial charge in [0.2, 0.25) is 0 Å². The van der Waals surface area contributed by atoms with Gasteiger partial charge in [0.1, 0.15) is 43.2 Å². The molecule has 376 valence electrons. The number of unbranched alkanes of at least 4 members (excludes halogenated alkanes) is 19. The van der Waals surface area contributed by atoms with E-state index in [-0.39, 0.29) is 12.8 Å². The van der Waals surface area contributed by atoms with Crippen LogP contribution in [0.4, 0.5) is 0 Å². The molecule has 14 heteroatoms. The van der Waals surface area contributed by atoms with Crippen molar-refractivity contribution in [1.82, 2.24) is 0 Å². The molecular weight excluding hydrogens is 852 g/mol. The smallest absolute Gasteiger partial charge is 0.462 e. The lowest BCUT2D eigenvalue weighted by molar-refractivity contribution is -0.220. The van der Waals surface area contributed by atoms with Crippen LogP contribution in [-0.2, 0) is 32.7 Å². The van der Waals surface area contributed by atoms with Gasteiger partial charge in [0.15, 0.2) is 6.10 Å². The fourth-order valence-corrected chi connectivity index (χ4v) is 8.36. The number of rotatable bonds is 41. The maximum Gasteiger partial charge on any atom is 0.472 e. The van der Waals surface area contributed by atoms with Crippen molar-refractivity contribution in [3.05, 3.63) is 60.8 Å². The lowest BCUT2D eigenvalue weighted by Gasteiger charge is -2.41. The zero-order valence-corrected chi connectivity index (χ0v) is 40.9. The molecule has 0 radical (unpaired) electrons. The third-order valence-electron chi connectivity index (χ3n) is 11.4. The number of esters is 2. The first kappa shape index (κ1) is 60.6. The Labute approximate surface area is 392 Å². The second-order valence-corrected chi connectivity index (χ2v) is 18.7. The van der Waals surface area contributed by atoms with Crippen LogP contribution in [-0.4, -0.2) is 98.3 Å². The van der Waals surface area contributed by atoms with E-state index in [1.807, 2.05) is 12.2 Å². The molecule has 1 saturated carbocycles. The molecule has 0 aromatic rings. The van der Waals surface area contributed by atoms with E-state index in [1.165, 1.54) is 96.3 Å². The predicted molar refractivity (Wildman–Crippen MR) is 258 cm³/mol. The standard InChI is InChI=1S/C51H89O13P/c1-3-5-7-9-11-13-15-17-19-21-22-24-25-27-29-31-33-35-37-39-44(52)61-41-43(42-62-65(59,60)64-51-49(57)47(55)46(54)48(56)50(51)58)63-45(53)40-38-36-34-32-30-28-26-23-20-18-16-14-12-10-8-6-4-2/h6,8,12,14,18,20,26,28,32,34,43,46-51,54-58H,3-5,7,9-11,13,15-17,19,21-25,27,29-31,33,35-42H2,1-2H3,(H,59,60)/b8-6+,14-12+,20-18+,28-26+,34-32+/t43-,46?,47-,48?,49?,50?,51?/m0/s1. The fraction of sp³-hybridized carbons (Fsp3) is 0.765. The van der Waals surface area contributed by atoms with Crippen LogP contribution in [0.25, 0.3) is 0 Å². The SMILES string of the molecule is CC/C=C/C/C=C/C/C=C/C/C=C/C/C=C/CCCC(=O)O[C@@H](COC(=O)CCCCCCCCCCCCCCCCCCCCC)COP(=O)(O)OC1C(O)C(O)C(O)[C@H](O)C1O. The molecule has 8 atom stereocenters. The predicted octanol–water partition coefficient (Wildman–Crippen LogP) is 10.5. The van der Waals surface area contributed by atoms with Gasteiger partial charge in [0.25, 0.3) is 0 Å². The van der Waals surface area contributed by atoms with Crippen molar-refractivity contribution in [2.45, 2.75) is 236 Å². The first-order valence-corrected chi connectivity index (χ1v) is 26.6. The number of aliphatic hydroxyl groups is 5. The van der Waals surface area contributed by atoms with Crippen molar-refractivity contribution in [3.8, 4) is 0 Å². The Morgan fingerprint density at radius 3 is 1.32 bits per heavy atom. The second kappa shape index (κ2) is 40.6. The van der Waals surface area contributed by atoms with Crippen molar-refractivity contribution in [2.75, 3.05) is 13.2 Å². The molecule has 65 heavy (non-hydrogen) atoms. The van der Waals surface area contributed by atoms with Crippen molar-refractivity contribution < 1.29 is 63.1 Å². The number of allylic oxidation sites excluding steroid dienone is 10. The second-order valence-electron chi connectivity index (χ2n) is 17.3. The van der Waals surface area contributed by atoms with Gasteiger partial charge in [-0.15, -0.1) is 0 Å². The lowest BCUT2D eigenvalue weighted by atomic mass is 9.85. The Morgan fingerprint density at radius 1 is 0.492 bits per heavy atom. The minimum absolute atomic E-state index is 0.0178. The average molecular weight is 941 g/mol. The highest BCUT2D eigenvalue weighted by atomic mass is 31.2. The van der Waals surface area contributed by atoms with Crippen LogP contribution >= 0.6 is 7.82 Å². The van der Waals surface area contributed by atoms with E-state index in [2.05, 4.69) is 62.5 Å². The molecule has 1 fully saturated rings. The number of carbonyl (C=O) groups is 2. The summed E-state index contributed by atoms with van der Waals surface area (Å²) in [5.74, 6) is -1.16. The number of aliphatic hydroxyl groups excluding tert-OH is 5. The van der Waals surface area contributed by atoms with Crippen LogP contribution in [0.1, 0.15) is 194 Å². The minimum Gasteiger partial charge on any atom is -0.462 e. The summed E-state index contributed by atoms with van der Waals surface area (Å²) in [5.41, 5.74) is 0.